The lowest BCUT2D eigenvalue weighted by molar-refractivity contribution is -0.144. The van der Waals surface area contributed by atoms with E-state index < -0.39 is 17.4 Å². The van der Waals surface area contributed by atoms with Gasteiger partial charge in [0.15, 0.2) is 5.54 Å². The monoisotopic (exact) mass is 348 g/mol. The summed E-state index contributed by atoms with van der Waals surface area (Å²) in [4.78, 5) is 28.1. The van der Waals surface area contributed by atoms with E-state index in [1.807, 2.05) is 24.3 Å². The zero-order valence-corrected chi connectivity index (χ0v) is 13.8. The molecular weight excluding hydrogens is 332 g/mol. The zero-order chi connectivity index (χ0) is 17.2. The molecule has 1 aromatic carbocycles. The molecular formula is C16H16N2O5S. The van der Waals surface area contributed by atoms with Gasteiger partial charge >= 0.3 is 5.97 Å². The fourth-order valence-electron chi connectivity index (χ4n) is 2.41. The summed E-state index contributed by atoms with van der Waals surface area (Å²) >= 11 is 1.32. The third kappa shape index (κ3) is 3.10. The molecule has 2 aromatic rings. The van der Waals surface area contributed by atoms with E-state index in [9.17, 15) is 14.7 Å². The van der Waals surface area contributed by atoms with Gasteiger partial charge in [-0.25, -0.2) is 9.78 Å². The summed E-state index contributed by atoms with van der Waals surface area (Å²) in [7, 11) is 1.59. The highest BCUT2D eigenvalue weighted by atomic mass is 32.1. The van der Waals surface area contributed by atoms with Crippen LogP contribution in [0, 0.1) is 0 Å². The Morgan fingerprint density at radius 3 is 2.71 bits per heavy atom. The zero-order valence-electron chi connectivity index (χ0n) is 12.9. The van der Waals surface area contributed by atoms with E-state index in [4.69, 9.17) is 9.47 Å². The summed E-state index contributed by atoms with van der Waals surface area (Å²) < 4.78 is 10.2. The number of rotatable bonds is 5. The van der Waals surface area contributed by atoms with Gasteiger partial charge in [0.25, 0.3) is 5.91 Å². The third-order valence-corrected chi connectivity index (χ3v) is 4.75. The lowest BCUT2D eigenvalue weighted by Gasteiger charge is -2.22. The van der Waals surface area contributed by atoms with Crippen LogP contribution in [0.25, 0.3) is 10.6 Å². The lowest BCUT2D eigenvalue weighted by Crippen LogP contribution is -2.55. The number of hydrogen-bond donors (Lipinski definition) is 2. The van der Waals surface area contributed by atoms with E-state index >= 15 is 0 Å². The Morgan fingerprint density at radius 1 is 1.38 bits per heavy atom. The van der Waals surface area contributed by atoms with Crippen LogP contribution in [0.4, 0.5) is 0 Å². The Balaban J connectivity index is 1.77. The van der Waals surface area contributed by atoms with Gasteiger partial charge in [-0.2, -0.15) is 0 Å². The number of aliphatic carboxylic acids is 1. The second-order valence-corrected chi connectivity index (χ2v) is 6.27. The van der Waals surface area contributed by atoms with Crippen LogP contribution in [0.5, 0.6) is 5.75 Å². The van der Waals surface area contributed by atoms with E-state index in [1.165, 1.54) is 11.3 Å². The van der Waals surface area contributed by atoms with Gasteiger partial charge in [0.1, 0.15) is 16.5 Å². The lowest BCUT2D eigenvalue weighted by atomic mass is 9.99. The first-order valence-corrected chi connectivity index (χ1v) is 8.16. The number of hydrogen-bond acceptors (Lipinski definition) is 6. The van der Waals surface area contributed by atoms with Gasteiger partial charge in [0.05, 0.1) is 13.7 Å². The predicted octanol–water partition coefficient (Wildman–Crippen LogP) is 1.79. The molecule has 126 valence electrons. The van der Waals surface area contributed by atoms with Gasteiger partial charge in [-0.15, -0.1) is 11.3 Å². The van der Waals surface area contributed by atoms with Crippen molar-refractivity contribution in [1.82, 2.24) is 10.3 Å². The second-order valence-electron chi connectivity index (χ2n) is 5.41. The Bertz CT molecular complexity index is 750. The maximum Gasteiger partial charge on any atom is 0.331 e. The van der Waals surface area contributed by atoms with Crippen molar-refractivity contribution < 1.29 is 24.2 Å². The number of carbonyl (C=O) groups is 2. The molecule has 8 heteroatoms. The Labute approximate surface area is 142 Å². The molecule has 1 aromatic heterocycles. The summed E-state index contributed by atoms with van der Waals surface area (Å²) in [6.07, 6.45) is 0.240. The molecule has 0 aliphatic carbocycles. The molecule has 2 N–H and O–H groups in total. The maximum absolute atomic E-state index is 12.3. The standard InChI is InChI=1S/C16H16N2O5S/c1-22-11-4-2-10(3-5-11)14-17-12(8-24-14)13(19)18-16(15(20)21)6-7-23-9-16/h2-5,8H,6-7,9H2,1H3,(H,18,19)(H,20,21). The predicted molar refractivity (Wildman–Crippen MR) is 87.4 cm³/mol. The first-order chi connectivity index (χ1) is 11.5. The molecule has 1 aliphatic heterocycles. The molecule has 0 spiro atoms. The van der Waals surface area contributed by atoms with E-state index in [-0.39, 0.29) is 18.7 Å². The number of nitrogens with zero attached hydrogens (tertiary/aromatic N) is 1. The quantitative estimate of drug-likeness (QED) is 0.855. The highest BCUT2D eigenvalue weighted by Crippen LogP contribution is 2.26. The Kier molecular flexibility index (Phi) is 4.50. The fourth-order valence-corrected chi connectivity index (χ4v) is 3.22. The number of amides is 1. The third-order valence-electron chi connectivity index (χ3n) is 3.86. The molecule has 0 radical (unpaired) electrons. The first-order valence-electron chi connectivity index (χ1n) is 7.28. The molecule has 7 nitrogen and oxygen atoms in total. The molecule has 0 saturated carbocycles. The number of benzene rings is 1. The molecule has 1 fully saturated rings. The van der Waals surface area contributed by atoms with Crippen molar-refractivity contribution in [3.8, 4) is 16.3 Å². The van der Waals surface area contributed by atoms with Crippen LogP contribution in [0.1, 0.15) is 16.9 Å². The summed E-state index contributed by atoms with van der Waals surface area (Å²) in [5, 5.41) is 14.2. The van der Waals surface area contributed by atoms with E-state index in [2.05, 4.69) is 10.3 Å². The van der Waals surface area contributed by atoms with Crippen LogP contribution in [-0.2, 0) is 9.53 Å². The van der Waals surface area contributed by atoms with Gasteiger partial charge in [-0.1, -0.05) is 0 Å². The summed E-state index contributed by atoms with van der Waals surface area (Å²) in [6.45, 7) is 0.268. The summed E-state index contributed by atoms with van der Waals surface area (Å²) in [6, 6.07) is 7.32. The molecule has 2 heterocycles. The second kappa shape index (κ2) is 6.58. The van der Waals surface area contributed by atoms with Crippen LogP contribution in [0.15, 0.2) is 29.6 Å². The topological polar surface area (TPSA) is 97.8 Å². The molecule has 1 unspecified atom stereocenters. The van der Waals surface area contributed by atoms with Gasteiger partial charge in [0, 0.05) is 24.0 Å². The molecule has 1 atom stereocenters. The normalized spacial score (nSPS) is 19.9. The van der Waals surface area contributed by atoms with Crippen LogP contribution < -0.4 is 10.1 Å². The largest absolute Gasteiger partial charge is 0.497 e. The fraction of sp³-hybridized carbons (Fsp3) is 0.312. The molecule has 24 heavy (non-hydrogen) atoms. The summed E-state index contributed by atoms with van der Waals surface area (Å²) in [5.74, 6) is -0.879. The van der Waals surface area contributed by atoms with Crippen molar-refractivity contribution in [1.29, 1.82) is 0 Å². The van der Waals surface area contributed by atoms with Crippen molar-refractivity contribution in [2.24, 2.45) is 0 Å². The number of ether oxygens (including phenoxy) is 2. The molecule has 1 aliphatic rings. The Hall–Kier alpha value is -2.45. The highest BCUT2D eigenvalue weighted by Gasteiger charge is 2.44. The van der Waals surface area contributed by atoms with Crippen molar-refractivity contribution >= 4 is 23.2 Å². The number of methoxy groups -OCH3 is 1. The number of carboxylic acids is 1. The highest BCUT2D eigenvalue weighted by molar-refractivity contribution is 7.13. The van der Waals surface area contributed by atoms with Gasteiger partial charge in [-0.3, -0.25) is 4.79 Å². The minimum absolute atomic E-state index is 0.0381. The van der Waals surface area contributed by atoms with E-state index in [0.29, 0.717) is 11.6 Å². The van der Waals surface area contributed by atoms with Crippen molar-refractivity contribution in [3.63, 3.8) is 0 Å². The molecule has 0 bridgehead atoms. The van der Waals surface area contributed by atoms with Crippen LogP contribution >= 0.6 is 11.3 Å². The average molecular weight is 348 g/mol. The first kappa shape index (κ1) is 16.4. The summed E-state index contributed by atoms with van der Waals surface area (Å²) in [5.41, 5.74) is -0.323. The average Bonchev–Trinajstić information content (AvgIpc) is 3.25. The van der Waals surface area contributed by atoms with Crippen molar-refractivity contribution in [2.75, 3.05) is 20.3 Å². The van der Waals surface area contributed by atoms with E-state index in [0.717, 1.165) is 11.3 Å². The van der Waals surface area contributed by atoms with Crippen LogP contribution in [0.3, 0.4) is 0 Å². The maximum atomic E-state index is 12.3. The number of thiazole rings is 1. The Morgan fingerprint density at radius 2 is 2.12 bits per heavy atom. The van der Waals surface area contributed by atoms with Crippen molar-refractivity contribution in [3.05, 3.63) is 35.3 Å². The minimum atomic E-state index is -1.37. The molecule has 1 amide bonds. The number of aromatic nitrogens is 1. The smallest absolute Gasteiger partial charge is 0.331 e. The SMILES string of the molecule is COc1ccc(-c2nc(C(=O)NC3(C(=O)O)CCOC3)cs2)cc1. The van der Waals surface area contributed by atoms with Gasteiger partial charge in [-0.05, 0) is 24.3 Å². The van der Waals surface area contributed by atoms with Crippen LogP contribution in [-0.4, -0.2) is 47.8 Å². The van der Waals surface area contributed by atoms with Gasteiger partial charge in [0.2, 0.25) is 0 Å². The minimum Gasteiger partial charge on any atom is -0.497 e. The van der Waals surface area contributed by atoms with Crippen molar-refractivity contribution in [2.45, 2.75) is 12.0 Å². The molecule has 3 rings (SSSR count). The van der Waals surface area contributed by atoms with Gasteiger partial charge < -0.3 is 19.9 Å². The number of carboxylic acid groups (broad SMARTS) is 1. The number of nitrogens with one attached hydrogen (secondary N) is 1. The van der Waals surface area contributed by atoms with Crippen LogP contribution in [0.2, 0.25) is 0 Å². The molecule has 1 saturated heterocycles. The number of carbonyl (C=O) groups excluding carboxylic acids is 1. The van der Waals surface area contributed by atoms with E-state index in [1.54, 1.807) is 12.5 Å².